The number of aromatic nitrogens is 1. The third-order valence-corrected chi connectivity index (χ3v) is 4.08. The van der Waals surface area contributed by atoms with Gasteiger partial charge in [0.25, 0.3) is 0 Å². The first-order chi connectivity index (χ1) is 9.51. The lowest BCUT2D eigenvalue weighted by molar-refractivity contribution is 0.397. The van der Waals surface area contributed by atoms with Crippen LogP contribution < -0.4 is 15.0 Å². The topological polar surface area (TPSA) is 57.6 Å². The predicted molar refractivity (Wildman–Crippen MR) is 83.2 cm³/mol. The van der Waals surface area contributed by atoms with Gasteiger partial charge in [-0.05, 0) is 30.7 Å². The number of nitrogens with zero attached hydrogens (tertiary/aromatic N) is 2. The Kier molecular flexibility index (Phi) is 4.34. The number of ether oxygens (including phenoxy) is 1. The molecule has 0 saturated carbocycles. The number of methoxy groups -OCH3 is 1. The number of thiazole rings is 1. The van der Waals surface area contributed by atoms with E-state index in [0.717, 1.165) is 21.3 Å². The Bertz CT molecular complexity index is 596. The minimum atomic E-state index is 0.276. The van der Waals surface area contributed by atoms with E-state index in [1.165, 1.54) is 0 Å². The lowest BCUT2D eigenvalue weighted by atomic mass is 10.2. The van der Waals surface area contributed by atoms with Gasteiger partial charge in [0.1, 0.15) is 5.75 Å². The molecule has 5 nitrogen and oxygen atoms in total. The first kappa shape index (κ1) is 14.5. The van der Waals surface area contributed by atoms with Crippen LogP contribution >= 0.6 is 11.3 Å². The van der Waals surface area contributed by atoms with Crippen molar-refractivity contribution < 1.29 is 9.84 Å². The van der Waals surface area contributed by atoms with Crippen molar-refractivity contribution in [2.24, 2.45) is 0 Å². The SMILES string of the molecule is COc1nc(N(C)C)sc1CNc1ccc(O)cc1C. The molecule has 2 N–H and O–H groups in total. The number of aromatic hydroxyl groups is 1. The molecule has 1 aromatic heterocycles. The lowest BCUT2D eigenvalue weighted by Crippen LogP contribution is -2.07. The van der Waals surface area contributed by atoms with E-state index >= 15 is 0 Å². The first-order valence-corrected chi connectivity index (χ1v) is 7.07. The highest BCUT2D eigenvalue weighted by Gasteiger charge is 2.13. The number of hydrogen-bond acceptors (Lipinski definition) is 6. The smallest absolute Gasteiger partial charge is 0.231 e. The van der Waals surface area contributed by atoms with Crippen molar-refractivity contribution in [3.05, 3.63) is 28.6 Å². The summed E-state index contributed by atoms with van der Waals surface area (Å²) in [4.78, 5) is 7.43. The largest absolute Gasteiger partial charge is 0.508 e. The second kappa shape index (κ2) is 6.00. The number of phenolic OH excluding ortho intramolecular Hbond substituents is 1. The third kappa shape index (κ3) is 3.14. The van der Waals surface area contributed by atoms with Crippen molar-refractivity contribution in [1.29, 1.82) is 0 Å². The molecule has 0 unspecified atom stereocenters. The fourth-order valence-electron chi connectivity index (χ4n) is 1.81. The number of hydrogen-bond donors (Lipinski definition) is 2. The van der Waals surface area contributed by atoms with Crippen LogP contribution in [0.5, 0.6) is 11.6 Å². The maximum atomic E-state index is 9.41. The van der Waals surface area contributed by atoms with Gasteiger partial charge in [0.05, 0.1) is 18.5 Å². The molecule has 0 fully saturated rings. The van der Waals surface area contributed by atoms with E-state index in [1.54, 1.807) is 30.6 Å². The molecular weight excluding hydrogens is 274 g/mol. The van der Waals surface area contributed by atoms with Crippen LogP contribution in [-0.2, 0) is 6.54 Å². The number of nitrogens with one attached hydrogen (secondary N) is 1. The van der Waals surface area contributed by atoms with Crippen LogP contribution in [0.25, 0.3) is 0 Å². The van der Waals surface area contributed by atoms with Crippen molar-refractivity contribution >= 4 is 22.2 Å². The van der Waals surface area contributed by atoms with Crippen molar-refractivity contribution in [1.82, 2.24) is 4.98 Å². The molecule has 0 radical (unpaired) electrons. The maximum absolute atomic E-state index is 9.41. The number of phenols is 1. The standard InChI is InChI=1S/C14H19N3O2S/c1-9-7-10(18)5-6-11(9)15-8-12-13(19-4)16-14(20-12)17(2)3/h5-7,15,18H,8H2,1-4H3. The zero-order chi connectivity index (χ0) is 14.7. The molecule has 1 heterocycles. The molecule has 1 aromatic carbocycles. The van der Waals surface area contributed by atoms with Gasteiger partial charge in [-0.15, -0.1) is 0 Å². The molecule has 0 atom stereocenters. The molecular formula is C14H19N3O2S. The summed E-state index contributed by atoms with van der Waals surface area (Å²) < 4.78 is 5.31. The zero-order valence-corrected chi connectivity index (χ0v) is 12.9. The minimum Gasteiger partial charge on any atom is -0.508 e. The molecule has 0 aliphatic heterocycles. The normalized spacial score (nSPS) is 10.4. The molecule has 0 spiro atoms. The summed E-state index contributed by atoms with van der Waals surface area (Å²) in [5.74, 6) is 0.931. The molecule has 0 saturated heterocycles. The van der Waals surface area contributed by atoms with E-state index < -0.39 is 0 Å². The Morgan fingerprint density at radius 2 is 2.15 bits per heavy atom. The van der Waals surface area contributed by atoms with Gasteiger partial charge in [-0.1, -0.05) is 11.3 Å². The van der Waals surface area contributed by atoms with Crippen LogP contribution in [0.3, 0.4) is 0 Å². The molecule has 6 heteroatoms. The van der Waals surface area contributed by atoms with Crippen molar-refractivity contribution in [2.45, 2.75) is 13.5 Å². The van der Waals surface area contributed by atoms with Gasteiger partial charge in [0, 0.05) is 19.8 Å². The zero-order valence-electron chi connectivity index (χ0n) is 12.1. The fraction of sp³-hybridized carbons (Fsp3) is 0.357. The van der Waals surface area contributed by atoms with Gasteiger partial charge >= 0.3 is 0 Å². The summed E-state index contributed by atoms with van der Waals surface area (Å²) in [6.45, 7) is 2.59. The summed E-state index contributed by atoms with van der Waals surface area (Å²) in [7, 11) is 5.54. The van der Waals surface area contributed by atoms with Crippen LogP contribution in [0.15, 0.2) is 18.2 Å². The lowest BCUT2D eigenvalue weighted by Gasteiger charge is -2.09. The second-order valence-electron chi connectivity index (χ2n) is 4.68. The molecule has 20 heavy (non-hydrogen) atoms. The fourth-order valence-corrected chi connectivity index (χ4v) is 2.70. The van der Waals surface area contributed by atoms with E-state index in [0.29, 0.717) is 12.4 Å². The Hall–Kier alpha value is -1.95. The summed E-state index contributed by atoms with van der Waals surface area (Å²) in [6, 6.07) is 5.27. The van der Waals surface area contributed by atoms with E-state index in [-0.39, 0.29) is 5.75 Å². The molecule has 2 rings (SSSR count). The van der Waals surface area contributed by atoms with E-state index in [1.807, 2.05) is 32.0 Å². The average molecular weight is 293 g/mol. The molecule has 0 amide bonds. The third-order valence-electron chi connectivity index (χ3n) is 2.88. The summed E-state index contributed by atoms with van der Waals surface area (Å²) in [5, 5.41) is 13.7. The first-order valence-electron chi connectivity index (χ1n) is 6.25. The number of aryl methyl sites for hydroxylation is 1. The maximum Gasteiger partial charge on any atom is 0.231 e. The van der Waals surface area contributed by atoms with Gasteiger partial charge in [-0.3, -0.25) is 0 Å². The van der Waals surface area contributed by atoms with Crippen molar-refractivity contribution in [3.8, 4) is 11.6 Å². The Balaban J connectivity index is 2.14. The van der Waals surface area contributed by atoms with Gasteiger partial charge in [0.15, 0.2) is 5.13 Å². The van der Waals surface area contributed by atoms with E-state index in [4.69, 9.17) is 4.74 Å². The quantitative estimate of drug-likeness (QED) is 0.830. The monoisotopic (exact) mass is 293 g/mol. The number of anilines is 2. The molecule has 0 aliphatic rings. The molecule has 108 valence electrons. The Morgan fingerprint density at radius 1 is 1.40 bits per heavy atom. The second-order valence-corrected chi connectivity index (χ2v) is 5.74. The van der Waals surface area contributed by atoms with Crippen LogP contribution in [0, 0.1) is 6.92 Å². The summed E-state index contributed by atoms with van der Waals surface area (Å²) >= 11 is 1.60. The van der Waals surface area contributed by atoms with Gasteiger partial charge in [-0.2, -0.15) is 4.98 Å². The highest BCUT2D eigenvalue weighted by molar-refractivity contribution is 7.15. The Morgan fingerprint density at radius 3 is 2.75 bits per heavy atom. The summed E-state index contributed by atoms with van der Waals surface area (Å²) in [6.07, 6.45) is 0. The van der Waals surface area contributed by atoms with Crippen LogP contribution in [-0.4, -0.2) is 31.3 Å². The highest BCUT2D eigenvalue weighted by Crippen LogP contribution is 2.31. The number of benzene rings is 1. The number of rotatable bonds is 5. The van der Waals surface area contributed by atoms with Crippen LogP contribution in [0.4, 0.5) is 10.8 Å². The van der Waals surface area contributed by atoms with E-state index in [9.17, 15) is 5.11 Å². The van der Waals surface area contributed by atoms with Crippen LogP contribution in [0.2, 0.25) is 0 Å². The van der Waals surface area contributed by atoms with Gasteiger partial charge in [0.2, 0.25) is 5.88 Å². The average Bonchev–Trinajstić information content (AvgIpc) is 2.81. The molecule has 0 bridgehead atoms. The van der Waals surface area contributed by atoms with Crippen molar-refractivity contribution in [2.75, 3.05) is 31.4 Å². The Labute approximate surface area is 122 Å². The summed E-state index contributed by atoms with van der Waals surface area (Å²) in [5.41, 5.74) is 1.99. The predicted octanol–water partition coefficient (Wildman–Crippen LogP) is 2.84. The highest BCUT2D eigenvalue weighted by atomic mass is 32.1. The van der Waals surface area contributed by atoms with Gasteiger partial charge in [-0.25, -0.2) is 0 Å². The van der Waals surface area contributed by atoms with Crippen LogP contribution in [0.1, 0.15) is 10.4 Å². The molecule has 0 aliphatic carbocycles. The minimum absolute atomic E-state index is 0.276. The van der Waals surface area contributed by atoms with Crippen molar-refractivity contribution in [3.63, 3.8) is 0 Å². The van der Waals surface area contributed by atoms with E-state index in [2.05, 4.69) is 10.3 Å². The molecule has 2 aromatic rings. The van der Waals surface area contributed by atoms with Gasteiger partial charge < -0.3 is 20.1 Å².